The van der Waals surface area contributed by atoms with Crippen LogP contribution in [0.5, 0.6) is 5.88 Å². The summed E-state index contributed by atoms with van der Waals surface area (Å²) in [6.45, 7) is 1.23. The molecule has 0 aromatic carbocycles. The number of aromatic nitrogens is 1. The van der Waals surface area contributed by atoms with Crippen molar-refractivity contribution in [3.63, 3.8) is 0 Å². The van der Waals surface area contributed by atoms with Crippen LogP contribution in [0.2, 0.25) is 0 Å². The molecule has 6 nitrogen and oxygen atoms in total. The van der Waals surface area contributed by atoms with Crippen molar-refractivity contribution >= 4 is 11.7 Å². The molecule has 0 amide bonds. The van der Waals surface area contributed by atoms with Crippen molar-refractivity contribution in [2.24, 2.45) is 0 Å². The van der Waals surface area contributed by atoms with Gasteiger partial charge in [0.05, 0.1) is 5.56 Å². The first-order valence-corrected chi connectivity index (χ1v) is 5.90. The number of nitrogens with two attached hydrogens (primary N) is 1. The molecule has 2 rings (SSSR count). The van der Waals surface area contributed by atoms with Crippen LogP contribution in [-0.4, -0.2) is 47.2 Å². The minimum atomic E-state index is -1.07. The smallest absolute Gasteiger partial charge is 0.338 e. The summed E-state index contributed by atoms with van der Waals surface area (Å²) in [4.78, 5) is 17.1. The van der Waals surface area contributed by atoms with Crippen molar-refractivity contribution in [1.29, 1.82) is 0 Å². The van der Waals surface area contributed by atoms with Gasteiger partial charge in [0.15, 0.2) is 0 Å². The summed E-state index contributed by atoms with van der Waals surface area (Å²) in [7, 11) is 2.05. The molecular weight excluding hydrogens is 234 g/mol. The van der Waals surface area contributed by atoms with Gasteiger partial charge in [0.1, 0.15) is 12.3 Å². The normalized spacial score (nSPS) is 14.8. The van der Waals surface area contributed by atoms with E-state index in [2.05, 4.69) is 9.88 Å². The topological polar surface area (TPSA) is 88.7 Å². The molecule has 0 atom stereocenters. The Labute approximate surface area is 105 Å². The largest absolute Gasteiger partial charge is 0.478 e. The SMILES string of the molecule is CN(CCOc1nccc(C(=O)O)c1N)C1CC1. The van der Waals surface area contributed by atoms with Crippen LogP contribution in [0.25, 0.3) is 0 Å². The van der Waals surface area contributed by atoms with Gasteiger partial charge in [0, 0.05) is 18.8 Å². The quantitative estimate of drug-likeness (QED) is 0.778. The molecule has 0 bridgehead atoms. The Bertz CT molecular complexity index is 446. The van der Waals surface area contributed by atoms with Gasteiger partial charge in [0.2, 0.25) is 5.88 Å². The molecule has 3 N–H and O–H groups in total. The van der Waals surface area contributed by atoms with E-state index in [1.807, 2.05) is 7.05 Å². The molecule has 98 valence electrons. The third-order valence-corrected chi connectivity index (χ3v) is 3.04. The number of hydrogen-bond acceptors (Lipinski definition) is 5. The molecule has 6 heteroatoms. The Morgan fingerprint density at radius 2 is 2.39 bits per heavy atom. The van der Waals surface area contributed by atoms with Gasteiger partial charge in [-0.3, -0.25) is 0 Å². The second-order valence-electron chi connectivity index (χ2n) is 4.44. The number of nitrogens with zero attached hydrogens (tertiary/aromatic N) is 2. The summed E-state index contributed by atoms with van der Waals surface area (Å²) in [6, 6.07) is 2.03. The molecule has 1 heterocycles. The molecule has 0 saturated heterocycles. The average molecular weight is 251 g/mol. The van der Waals surface area contributed by atoms with E-state index < -0.39 is 5.97 Å². The van der Waals surface area contributed by atoms with Crippen LogP contribution in [0.1, 0.15) is 23.2 Å². The first kappa shape index (κ1) is 12.6. The molecule has 1 aromatic rings. The number of rotatable bonds is 6. The average Bonchev–Trinajstić information content (AvgIpc) is 3.14. The van der Waals surface area contributed by atoms with E-state index in [1.165, 1.54) is 25.1 Å². The Hall–Kier alpha value is -1.82. The second-order valence-corrected chi connectivity index (χ2v) is 4.44. The van der Waals surface area contributed by atoms with Crippen LogP contribution < -0.4 is 10.5 Å². The highest BCUT2D eigenvalue weighted by Crippen LogP contribution is 2.25. The predicted octanol–water partition coefficient (Wildman–Crippen LogP) is 0.835. The zero-order chi connectivity index (χ0) is 13.1. The summed E-state index contributed by atoms with van der Waals surface area (Å²) in [5.41, 5.74) is 5.80. The molecule has 0 spiro atoms. The maximum Gasteiger partial charge on any atom is 0.338 e. The van der Waals surface area contributed by atoms with E-state index in [-0.39, 0.29) is 17.1 Å². The van der Waals surface area contributed by atoms with Gasteiger partial charge in [0.25, 0.3) is 0 Å². The molecule has 1 fully saturated rings. The highest BCUT2D eigenvalue weighted by Gasteiger charge is 2.25. The van der Waals surface area contributed by atoms with Gasteiger partial charge < -0.3 is 20.5 Å². The maximum absolute atomic E-state index is 10.9. The summed E-state index contributed by atoms with van der Waals surface area (Å²) in [5, 5.41) is 8.91. The second kappa shape index (κ2) is 5.22. The number of aromatic carboxylic acids is 1. The van der Waals surface area contributed by atoms with Gasteiger partial charge in [-0.15, -0.1) is 0 Å². The Morgan fingerprint density at radius 1 is 1.67 bits per heavy atom. The molecular formula is C12H17N3O3. The number of pyridine rings is 1. The lowest BCUT2D eigenvalue weighted by atomic mass is 10.2. The van der Waals surface area contributed by atoms with Gasteiger partial charge in [-0.1, -0.05) is 0 Å². The van der Waals surface area contributed by atoms with E-state index in [9.17, 15) is 4.79 Å². The minimum absolute atomic E-state index is 0.0237. The molecule has 1 aliphatic rings. The zero-order valence-corrected chi connectivity index (χ0v) is 10.3. The molecule has 0 radical (unpaired) electrons. The molecule has 0 unspecified atom stereocenters. The minimum Gasteiger partial charge on any atom is -0.478 e. The highest BCUT2D eigenvalue weighted by molar-refractivity contribution is 5.94. The molecule has 1 saturated carbocycles. The van der Waals surface area contributed by atoms with E-state index in [0.29, 0.717) is 12.6 Å². The van der Waals surface area contributed by atoms with Crippen LogP contribution in [-0.2, 0) is 0 Å². The highest BCUT2D eigenvalue weighted by atomic mass is 16.5. The van der Waals surface area contributed by atoms with Crippen LogP contribution >= 0.6 is 0 Å². The van der Waals surface area contributed by atoms with Crippen molar-refractivity contribution < 1.29 is 14.6 Å². The van der Waals surface area contributed by atoms with Gasteiger partial charge in [-0.2, -0.15) is 0 Å². The number of carbonyl (C=O) groups is 1. The number of nitrogen functional groups attached to an aromatic ring is 1. The number of likely N-dealkylation sites (N-methyl/N-ethyl adjacent to an activating group) is 1. The Kier molecular flexibility index (Phi) is 3.66. The van der Waals surface area contributed by atoms with E-state index >= 15 is 0 Å². The van der Waals surface area contributed by atoms with Gasteiger partial charge >= 0.3 is 5.97 Å². The van der Waals surface area contributed by atoms with Crippen molar-refractivity contribution in [2.75, 3.05) is 25.9 Å². The number of ether oxygens (including phenoxy) is 1. The van der Waals surface area contributed by atoms with Crippen molar-refractivity contribution in [3.8, 4) is 5.88 Å². The Morgan fingerprint density at radius 3 is 3.00 bits per heavy atom. The first-order valence-electron chi connectivity index (χ1n) is 5.90. The summed E-state index contributed by atoms with van der Waals surface area (Å²) in [5.74, 6) is -0.881. The fraction of sp³-hybridized carbons (Fsp3) is 0.500. The summed E-state index contributed by atoms with van der Waals surface area (Å²) >= 11 is 0. The molecule has 18 heavy (non-hydrogen) atoms. The van der Waals surface area contributed by atoms with Crippen molar-refractivity contribution in [3.05, 3.63) is 17.8 Å². The van der Waals surface area contributed by atoms with Crippen LogP contribution in [0.4, 0.5) is 5.69 Å². The monoisotopic (exact) mass is 251 g/mol. The fourth-order valence-corrected chi connectivity index (χ4v) is 1.74. The lowest BCUT2D eigenvalue weighted by Crippen LogP contribution is -2.26. The van der Waals surface area contributed by atoms with Crippen LogP contribution in [0.15, 0.2) is 12.3 Å². The zero-order valence-electron chi connectivity index (χ0n) is 10.3. The van der Waals surface area contributed by atoms with Gasteiger partial charge in [-0.25, -0.2) is 9.78 Å². The lowest BCUT2D eigenvalue weighted by molar-refractivity contribution is 0.0697. The van der Waals surface area contributed by atoms with Crippen LogP contribution in [0, 0.1) is 0 Å². The number of carboxylic acid groups (broad SMARTS) is 1. The van der Waals surface area contributed by atoms with E-state index in [4.69, 9.17) is 15.6 Å². The summed E-state index contributed by atoms with van der Waals surface area (Å²) < 4.78 is 5.44. The maximum atomic E-state index is 10.9. The number of carboxylic acids is 1. The fourth-order valence-electron chi connectivity index (χ4n) is 1.74. The predicted molar refractivity (Wildman–Crippen MR) is 66.8 cm³/mol. The van der Waals surface area contributed by atoms with Crippen molar-refractivity contribution in [1.82, 2.24) is 9.88 Å². The molecule has 0 aliphatic heterocycles. The van der Waals surface area contributed by atoms with E-state index in [0.717, 1.165) is 6.54 Å². The summed E-state index contributed by atoms with van der Waals surface area (Å²) in [6.07, 6.45) is 3.87. The number of hydrogen-bond donors (Lipinski definition) is 2. The van der Waals surface area contributed by atoms with Crippen molar-refractivity contribution in [2.45, 2.75) is 18.9 Å². The van der Waals surface area contributed by atoms with Crippen LogP contribution in [0.3, 0.4) is 0 Å². The van der Waals surface area contributed by atoms with Gasteiger partial charge in [-0.05, 0) is 26.0 Å². The number of anilines is 1. The standard InChI is InChI=1S/C12H17N3O3/c1-15(8-2-3-8)6-7-18-11-10(13)9(12(16)17)4-5-14-11/h4-5,8H,2-3,6-7,13H2,1H3,(H,16,17). The Balaban J connectivity index is 1.92. The third-order valence-electron chi connectivity index (χ3n) is 3.04. The first-order chi connectivity index (χ1) is 8.59. The third kappa shape index (κ3) is 2.89. The molecule has 1 aromatic heterocycles. The molecule has 1 aliphatic carbocycles. The lowest BCUT2D eigenvalue weighted by Gasteiger charge is -2.16. The van der Waals surface area contributed by atoms with E-state index in [1.54, 1.807) is 0 Å².